The van der Waals surface area contributed by atoms with Gasteiger partial charge in [0.1, 0.15) is 11.3 Å². The number of rotatable bonds is 7. The number of ether oxygens (including phenoxy) is 3. The molecule has 1 aromatic carbocycles. The Bertz CT molecular complexity index is 834. The number of hydrogen-bond donors (Lipinski definition) is 0. The highest BCUT2D eigenvalue weighted by molar-refractivity contribution is 5.83. The number of hydrogen-bond acceptors (Lipinski definition) is 6. The van der Waals surface area contributed by atoms with E-state index in [9.17, 15) is 9.59 Å². The minimum absolute atomic E-state index is 0.0425. The molecule has 1 aliphatic heterocycles. The molecule has 27 heavy (non-hydrogen) atoms. The lowest BCUT2D eigenvalue weighted by atomic mass is 10.1. The number of carbonyl (C=O) groups is 1. The molecule has 0 radical (unpaired) electrons. The molecule has 0 N–H and O–H groups in total. The van der Waals surface area contributed by atoms with E-state index in [0.29, 0.717) is 17.9 Å². The van der Waals surface area contributed by atoms with Crippen LogP contribution in [0.5, 0.6) is 5.75 Å². The minimum atomic E-state index is -0.704. The predicted octanol–water partition coefficient (Wildman–Crippen LogP) is 3.63. The Labute approximate surface area is 158 Å². The zero-order valence-electron chi connectivity index (χ0n) is 15.9. The summed E-state index contributed by atoms with van der Waals surface area (Å²) in [4.78, 5) is 24.0. The Balaban J connectivity index is 1.64. The maximum Gasteiger partial charge on any atom is 0.340 e. The van der Waals surface area contributed by atoms with Crippen molar-refractivity contribution in [2.24, 2.45) is 0 Å². The van der Waals surface area contributed by atoms with E-state index in [1.165, 1.54) is 6.07 Å². The van der Waals surface area contributed by atoms with Gasteiger partial charge in [0.25, 0.3) is 0 Å². The molecule has 2 unspecified atom stereocenters. The van der Waals surface area contributed by atoms with Gasteiger partial charge < -0.3 is 18.6 Å². The van der Waals surface area contributed by atoms with Gasteiger partial charge in [-0.05, 0) is 50.3 Å². The van der Waals surface area contributed by atoms with Crippen molar-refractivity contribution in [3.63, 3.8) is 0 Å². The van der Waals surface area contributed by atoms with Crippen LogP contribution < -0.4 is 10.4 Å². The number of carbonyl (C=O) groups excluding carboxylic acids is 1. The summed E-state index contributed by atoms with van der Waals surface area (Å²) in [6, 6.07) is 6.61. The van der Waals surface area contributed by atoms with Crippen LogP contribution in [0, 0.1) is 0 Å². The van der Waals surface area contributed by atoms with Gasteiger partial charge in [0.15, 0.2) is 6.10 Å². The number of benzene rings is 1. The Morgan fingerprint density at radius 1 is 1.30 bits per heavy atom. The molecular formula is C21H26O6. The summed E-state index contributed by atoms with van der Waals surface area (Å²) >= 11 is 0. The Morgan fingerprint density at radius 2 is 2.15 bits per heavy atom. The van der Waals surface area contributed by atoms with Crippen LogP contribution in [0.15, 0.2) is 33.5 Å². The average molecular weight is 374 g/mol. The summed E-state index contributed by atoms with van der Waals surface area (Å²) < 4.78 is 21.9. The lowest BCUT2D eigenvalue weighted by Gasteiger charge is -2.23. The normalized spacial score (nSPS) is 18.4. The first kappa shape index (κ1) is 19.6. The van der Waals surface area contributed by atoms with Gasteiger partial charge in [-0.2, -0.15) is 0 Å². The fourth-order valence-electron chi connectivity index (χ4n) is 3.21. The van der Waals surface area contributed by atoms with Crippen LogP contribution in [0.25, 0.3) is 11.0 Å². The summed E-state index contributed by atoms with van der Waals surface area (Å²) in [6.45, 7) is 4.83. The van der Waals surface area contributed by atoms with Gasteiger partial charge in [-0.15, -0.1) is 0 Å². The van der Waals surface area contributed by atoms with Crippen molar-refractivity contribution in [3.05, 3.63) is 40.2 Å². The molecule has 0 amide bonds. The molecule has 1 aliphatic rings. The molecular weight excluding hydrogens is 348 g/mol. The number of aryl methyl sites for hydroxylation is 1. The summed E-state index contributed by atoms with van der Waals surface area (Å²) in [7, 11) is 0. The Kier molecular flexibility index (Phi) is 6.63. The monoisotopic (exact) mass is 374 g/mol. The maximum atomic E-state index is 12.3. The molecule has 0 spiro atoms. The molecule has 6 heteroatoms. The number of esters is 1. The van der Waals surface area contributed by atoms with Crippen molar-refractivity contribution in [2.75, 3.05) is 13.2 Å². The van der Waals surface area contributed by atoms with E-state index < -0.39 is 17.7 Å². The fourth-order valence-corrected chi connectivity index (χ4v) is 3.21. The quantitative estimate of drug-likeness (QED) is 0.419. The molecule has 146 valence electrons. The third kappa shape index (κ3) is 5.17. The summed E-state index contributed by atoms with van der Waals surface area (Å²) in [5.41, 5.74) is 0.949. The average Bonchev–Trinajstić information content (AvgIpc) is 2.66. The highest BCUT2D eigenvalue weighted by Crippen LogP contribution is 2.24. The molecule has 0 bridgehead atoms. The van der Waals surface area contributed by atoms with Crippen molar-refractivity contribution in [1.29, 1.82) is 0 Å². The molecule has 2 atom stereocenters. The zero-order chi connectivity index (χ0) is 19.2. The second-order valence-corrected chi connectivity index (χ2v) is 6.88. The van der Waals surface area contributed by atoms with Gasteiger partial charge >= 0.3 is 11.6 Å². The highest BCUT2D eigenvalue weighted by Gasteiger charge is 2.20. The van der Waals surface area contributed by atoms with Gasteiger partial charge in [-0.25, -0.2) is 9.59 Å². The van der Waals surface area contributed by atoms with Crippen molar-refractivity contribution in [3.8, 4) is 5.75 Å². The van der Waals surface area contributed by atoms with E-state index in [-0.39, 0.29) is 6.10 Å². The van der Waals surface area contributed by atoms with E-state index in [4.69, 9.17) is 18.6 Å². The van der Waals surface area contributed by atoms with Crippen LogP contribution >= 0.6 is 0 Å². The van der Waals surface area contributed by atoms with Crippen LogP contribution in [0.1, 0.15) is 45.1 Å². The topological polar surface area (TPSA) is 75.0 Å². The van der Waals surface area contributed by atoms with Gasteiger partial charge in [0, 0.05) is 24.1 Å². The predicted molar refractivity (Wildman–Crippen MR) is 101 cm³/mol. The molecule has 0 saturated carbocycles. The minimum Gasteiger partial charge on any atom is -0.424 e. The summed E-state index contributed by atoms with van der Waals surface area (Å²) in [5.74, 6) is -0.161. The van der Waals surface area contributed by atoms with Crippen LogP contribution in [0.3, 0.4) is 0 Å². The third-order valence-corrected chi connectivity index (χ3v) is 4.68. The van der Waals surface area contributed by atoms with Crippen LogP contribution in [0.2, 0.25) is 0 Å². The van der Waals surface area contributed by atoms with E-state index in [2.05, 4.69) is 6.92 Å². The van der Waals surface area contributed by atoms with Gasteiger partial charge in [0.05, 0.1) is 12.7 Å². The second-order valence-electron chi connectivity index (χ2n) is 6.88. The first-order valence-electron chi connectivity index (χ1n) is 9.58. The first-order chi connectivity index (χ1) is 13.1. The summed E-state index contributed by atoms with van der Waals surface area (Å²) in [5, 5.41) is 0.856. The number of fused-ring (bicyclic) bond motifs is 1. The van der Waals surface area contributed by atoms with Gasteiger partial charge in [-0.3, -0.25) is 0 Å². The van der Waals surface area contributed by atoms with Crippen molar-refractivity contribution in [2.45, 2.75) is 58.2 Å². The second kappa shape index (κ2) is 9.15. The molecule has 6 nitrogen and oxygen atoms in total. The molecule has 3 rings (SSSR count). The smallest absolute Gasteiger partial charge is 0.340 e. The van der Waals surface area contributed by atoms with Crippen molar-refractivity contribution >= 4 is 16.9 Å². The highest BCUT2D eigenvalue weighted by atomic mass is 16.6. The standard InChI is InChI=1S/C21H26O6/c1-3-6-15-11-20(22)27-19-12-16(8-9-18(15)19)26-21(23)14(2)25-13-17-7-4-5-10-24-17/h8-9,11-12,14,17H,3-7,10,13H2,1-2H3. The summed E-state index contributed by atoms with van der Waals surface area (Å²) in [6.07, 6.45) is 4.20. The molecule has 2 aromatic rings. The van der Waals surface area contributed by atoms with E-state index in [1.54, 1.807) is 19.1 Å². The fraction of sp³-hybridized carbons (Fsp3) is 0.524. The van der Waals surface area contributed by atoms with Gasteiger partial charge in [-0.1, -0.05) is 13.3 Å². The molecule has 1 saturated heterocycles. The largest absolute Gasteiger partial charge is 0.424 e. The van der Waals surface area contributed by atoms with E-state index >= 15 is 0 Å². The Morgan fingerprint density at radius 3 is 2.89 bits per heavy atom. The third-order valence-electron chi connectivity index (χ3n) is 4.68. The van der Waals surface area contributed by atoms with Crippen LogP contribution in [-0.2, 0) is 20.7 Å². The SMILES string of the molecule is CCCc1cc(=O)oc2cc(OC(=O)C(C)OCC3CCCCO3)ccc12. The molecule has 0 aliphatic carbocycles. The van der Waals surface area contributed by atoms with E-state index in [0.717, 1.165) is 49.7 Å². The molecule has 1 aromatic heterocycles. The van der Waals surface area contributed by atoms with Gasteiger partial charge in [0.2, 0.25) is 0 Å². The lowest BCUT2D eigenvalue weighted by Crippen LogP contribution is -2.31. The molecule has 2 heterocycles. The van der Waals surface area contributed by atoms with Crippen molar-refractivity contribution < 1.29 is 23.4 Å². The lowest BCUT2D eigenvalue weighted by molar-refractivity contribution is -0.149. The zero-order valence-corrected chi connectivity index (χ0v) is 15.9. The maximum absolute atomic E-state index is 12.3. The molecule has 1 fully saturated rings. The van der Waals surface area contributed by atoms with Crippen molar-refractivity contribution in [1.82, 2.24) is 0 Å². The van der Waals surface area contributed by atoms with E-state index in [1.807, 2.05) is 6.07 Å². The Hall–Kier alpha value is -2.18. The van der Waals surface area contributed by atoms with Crippen LogP contribution in [-0.4, -0.2) is 31.4 Å². The van der Waals surface area contributed by atoms with Crippen LogP contribution in [0.4, 0.5) is 0 Å². The first-order valence-corrected chi connectivity index (χ1v) is 9.58.